The molecule has 0 atom stereocenters. The predicted molar refractivity (Wildman–Crippen MR) is 84.0 cm³/mol. The fraction of sp³-hybridized carbons (Fsp3) is 0.750. The van der Waals surface area contributed by atoms with Crippen molar-refractivity contribution in [2.75, 3.05) is 0 Å². The molecular formula is C12H11F11N2S3. The SMILES string of the molecule is CC(C)n1c(S)c(S)n(CC(F)(F)C(F)(F)C(F)(F)C(F)(F)C(F)(F)F)c1=S. The molecule has 1 rings (SSSR count). The van der Waals surface area contributed by atoms with Gasteiger partial charge in [0.1, 0.15) is 10.1 Å². The van der Waals surface area contributed by atoms with Crippen molar-refractivity contribution in [3.8, 4) is 0 Å². The van der Waals surface area contributed by atoms with Gasteiger partial charge in [0.25, 0.3) is 0 Å². The molecule has 0 aromatic carbocycles. The molecule has 0 aliphatic carbocycles. The smallest absolute Gasteiger partial charge is 0.309 e. The second kappa shape index (κ2) is 7.25. The molecule has 0 radical (unpaired) electrons. The Kier molecular flexibility index (Phi) is 6.57. The van der Waals surface area contributed by atoms with Crippen LogP contribution in [0, 0.1) is 4.77 Å². The molecule has 0 fully saturated rings. The molecule has 0 N–H and O–H groups in total. The predicted octanol–water partition coefficient (Wildman–Crippen LogP) is 6.28. The van der Waals surface area contributed by atoms with Gasteiger partial charge in [-0.1, -0.05) is 0 Å². The van der Waals surface area contributed by atoms with E-state index in [9.17, 15) is 48.3 Å². The molecule has 28 heavy (non-hydrogen) atoms. The first-order valence-electron chi connectivity index (χ1n) is 6.96. The molecule has 0 spiro atoms. The minimum Gasteiger partial charge on any atom is -0.309 e. The van der Waals surface area contributed by atoms with E-state index in [1.54, 1.807) is 0 Å². The average Bonchev–Trinajstić information content (AvgIpc) is 2.69. The van der Waals surface area contributed by atoms with Gasteiger partial charge in [-0.3, -0.25) is 0 Å². The lowest BCUT2D eigenvalue weighted by molar-refractivity contribution is -0.423. The average molecular weight is 488 g/mol. The first-order chi connectivity index (χ1) is 12.1. The van der Waals surface area contributed by atoms with Crippen LogP contribution in [0.4, 0.5) is 48.3 Å². The quantitative estimate of drug-likeness (QED) is 0.272. The van der Waals surface area contributed by atoms with Gasteiger partial charge in [-0.2, -0.15) is 48.3 Å². The van der Waals surface area contributed by atoms with E-state index in [1.165, 1.54) is 13.8 Å². The van der Waals surface area contributed by atoms with Crippen LogP contribution in [-0.2, 0) is 6.54 Å². The van der Waals surface area contributed by atoms with E-state index >= 15 is 0 Å². The van der Waals surface area contributed by atoms with Crippen LogP contribution < -0.4 is 0 Å². The number of rotatable bonds is 6. The largest absolute Gasteiger partial charge is 0.460 e. The Morgan fingerprint density at radius 3 is 1.54 bits per heavy atom. The molecule has 0 aliphatic rings. The summed E-state index contributed by atoms with van der Waals surface area (Å²) < 4.78 is 144. The number of hydrogen-bond donors (Lipinski definition) is 2. The van der Waals surface area contributed by atoms with E-state index in [0.717, 1.165) is 4.57 Å². The number of halogens is 11. The highest BCUT2D eigenvalue weighted by Gasteiger charge is 2.87. The summed E-state index contributed by atoms with van der Waals surface area (Å²) in [4.78, 5) is 0. The Bertz CT molecular complexity index is 792. The van der Waals surface area contributed by atoms with E-state index < -0.39 is 52.3 Å². The van der Waals surface area contributed by atoms with Crippen LogP contribution >= 0.6 is 37.5 Å². The minimum atomic E-state index is -7.47. The van der Waals surface area contributed by atoms with Gasteiger partial charge < -0.3 is 9.13 Å². The lowest BCUT2D eigenvalue weighted by Crippen LogP contribution is -2.67. The zero-order valence-electron chi connectivity index (χ0n) is 13.6. The lowest BCUT2D eigenvalue weighted by atomic mass is 9.98. The summed E-state index contributed by atoms with van der Waals surface area (Å²) in [5.74, 6) is -28.1. The Labute approximate surface area is 166 Å². The van der Waals surface area contributed by atoms with E-state index in [4.69, 9.17) is 12.2 Å². The van der Waals surface area contributed by atoms with E-state index in [0.29, 0.717) is 0 Å². The standard InChI is InChI=1S/C12H11F11N2S3/c1-4(2)25-6(27)5(26)24(7(25)28)3-8(13,14)9(15,16)10(17,18)11(19,20)12(21,22)23/h4,26-27H,3H2,1-2H3. The molecular weight excluding hydrogens is 477 g/mol. The fourth-order valence-corrected chi connectivity index (χ4v) is 3.36. The summed E-state index contributed by atoms with van der Waals surface area (Å²) in [5, 5.41) is -0.849. The Hall–Kier alpha value is -0.640. The molecule has 0 unspecified atom stereocenters. The number of imidazole rings is 1. The highest BCUT2D eigenvalue weighted by Crippen LogP contribution is 2.57. The van der Waals surface area contributed by atoms with Gasteiger partial charge in [-0.05, 0) is 26.1 Å². The van der Waals surface area contributed by atoms with Crippen molar-refractivity contribution in [2.45, 2.75) is 66.4 Å². The first-order valence-corrected chi connectivity index (χ1v) is 8.26. The van der Waals surface area contributed by atoms with Gasteiger partial charge in [0.15, 0.2) is 4.77 Å². The number of hydrogen-bond acceptors (Lipinski definition) is 3. The molecule has 0 amide bonds. The molecule has 0 aliphatic heterocycles. The Balaban J connectivity index is 3.52. The van der Waals surface area contributed by atoms with Crippen molar-refractivity contribution in [1.82, 2.24) is 9.13 Å². The molecule has 0 bridgehead atoms. The van der Waals surface area contributed by atoms with Gasteiger partial charge >= 0.3 is 29.9 Å². The van der Waals surface area contributed by atoms with Crippen LogP contribution in [0.2, 0.25) is 0 Å². The van der Waals surface area contributed by atoms with Gasteiger partial charge in [0.2, 0.25) is 0 Å². The van der Waals surface area contributed by atoms with Crippen molar-refractivity contribution < 1.29 is 48.3 Å². The van der Waals surface area contributed by atoms with Gasteiger partial charge in [-0.25, -0.2) is 0 Å². The minimum absolute atomic E-state index is 0.0799. The zero-order chi connectivity index (χ0) is 22.7. The Morgan fingerprint density at radius 1 is 0.786 bits per heavy atom. The molecule has 1 aromatic rings. The van der Waals surface area contributed by atoms with Gasteiger partial charge in [0, 0.05) is 6.04 Å². The van der Waals surface area contributed by atoms with Crippen LogP contribution in [0.3, 0.4) is 0 Å². The third-order valence-corrected chi connectivity index (χ3v) is 5.07. The van der Waals surface area contributed by atoms with Crippen LogP contribution in [0.15, 0.2) is 10.1 Å². The van der Waals surface area contributed by atoms with E-state index in [1.807, 2.05) is 0 Å². The summed E-state index contributed by atoms with van der Waals surface area (Å²) in [5.41, 5.74) is 0. The Morgan fingerprint density at radius 2 is 1.21 bits per heavy atom. The van der Waals surface area contributed by atoms with Crippen molar-refractivity contribution in [1.29, 1.82) is 0 Å². The highest BCUT2D eigenvalue weighted by molar-refractivity contribution is 7.83. The zero-order valence-corrected chi connectivity index (χ0v) is 16.2. The summed E-state index contributed by atoms with van der Waals surface area (Å²) in [7, 11) is 0. The van der Waals surface area contributed by atoms with Crippen LogP contribution in [0.25, 0.3) is 0 Å². The summed E-state index contributed by atoms with van der Waals surface area (Å²) in [6.07, 6.45) is -7.21. The number of nitrogens with zero attached hydrogens (tertiary/aromatic N) is 2. The molecule has 0 saturated heterocycles. The second-order valence-corrected chi connectivity index (χ2v) is 7.12. The summed E-state index contributed by atoms with van der Waals surface area (Å²) >= 11 is 12.3. The maximum atomic E-state index is 13.9. The van der Waals surface area contributed by atoms with Gasteiger partial charge in [-0.15, -0.1) is 25.3 Å². The van der Waals surface area contributed by atoms with Crippen molar-refractivity contribution in [3.63, 3.8) is 0 Å². The molecule has 1 aromatic heterocycles. The third-order valence-electron chi connectivity index (χ3n) is 3.60. The van der Waals surface area contributed by atoms with Gasteiger partial charge in [0.05, 0.1) is 6.54 Å². The first kappa shape index (κ1) is 25.4. The molecule has 1 heterocycles. The van der Waals surface area contributed by atoms with Crippen LogP contribution in [-0.4, -0.2) is 39.0 Å². The number of thiol groups is 2. The lowest BCUT2D eigenvalue weighted by Gasteiger charge is -2.37. The molecule has 16 heteroatoms. The number of aromatic nitrogens is 2. The van der Waals surface area contributed by atoms with Crippen molar-refractivity contribution in [2.24, 2.45) is 0 Å². The van der Waals surface area contributed by atoms with E-state index in [2.05, 4.69) is 25.3 Å². The number of alkyl halides is 11. The molecule has 164 valence electrons. The van der Waals surface area contributed by atoms with E-state index in [-0.39, 0.29) is 9.59 Å². The second-order valence-electron chi connectivity index (χ2n) is 5.91. The van der Waals surface area contributed by atoms with Crippen molar-refractivity contribution in [3.05, 3.63) is 4.77 Å². The van der Waals surface area contributed by atoms with Crippen molar-refractivity contribution >= 4 is 37.5 Å². The summed E-state index contributed by atoms with van der Waals surface area (Å²) in [6.45, 7) is 0.462. The molecule has 0 saturated carbocycles. The molecule has 2 nitrogen and oxygen atoms in total. The maximum absolute atomic E-state index is 13.9. The van der Waals surface area contributed by atoms with Crippen LogP contribution in [0.5, 0.6) is 0 Å². The monoisotopic (exact) mass is 488 g/mol. The topological polar surface area (TPSA) is 9.86 Å². The highest BCUT2D eigenvalue weighted by atomic mass is 32.1. The normalized spacial score (nSPS) is 14.9. The summed E-state index contributed by atoms with van der Waals surface area (Å²) in [6, 6.07) is -0.586. The van der Waals surface area contributed by atoms with Crippen LogP contribution in [0.1, 0.15) is 19.9 Å². The maximum Gasteiger partial charge on any atom is 0.460 e. The fourth-order valence-electron chi connectivity index (χ4n) is 2.05. The third kappa shape index (κ3) is 3.63.